The Balaban J connectivity index is 2.51. The molecule has 0 aromatic carbocycles. The summed E-state index contributed by atoms with van der Waals surface area (Å²) in [6.07, 6.45) is 1.39. The van der Waals surface area contributed by atoms with Crippen molar-refractivity contribution in [1.82, 2.24) is 10.3 Å². The first-order valence-electron chi connectivity index (χ1n) is 5.65. The number of pyridine rings is 1. The van der Waals surface area contributed by atoms with Crippen LogP contribution in [0.4, 0.5) is 11.5 Å². The average Bonchev–Trinajstić information content (AvgIpc) is 2.37. The lowest BCUT2D eigenvalue weighted by Crippen LogP contribution is -2.32. The van der Waals surface area contributed by atoms with E-state index >= 15 is 0 Å². The quantitative estimate of drug-likeness (QED) is 0.423. The minimum absolute atomic E-state index is 0.00305. The zero-order chi connectivity index (χ0) is 14.3. The number of hydrogen-bond donors (Lipinski definition) is 2. The summed E-state index contributed by atoms with van der Waals surface area (Å²) in [5.74, 6) is 0.0567. The lowest BCUT2D eigenvalue weighted by molar-refractivity contribution is -0.385. The Bertz CT molecular complexity index is 464. The van der Waals surface area contributed by atoms with Crippen LogP contribution in [0.1, 0.15) is 5.56 Å². The molecule has 1 aromatic rings. The van der Waals surface area contributed by atoms with Gasteiger partial charge in [0, 0.05) is 25.4 Å². The van der Waals surface area contributed by atoms with Crippen molar-refractivity contribution in [3.63, 3.8) is 0 Å². The normalized spacial score (nSPS) is 10.0. The molecule has 0 saturated carbocycles. The molecule has 0 atom stereocenters. The molecule has 19 heavy (non-hydrogen) atoms. The summed E-state index contributed by atoms with van der Waals surface area (Å²) in [4.78, 5) is 25.6. The highest BCUT2D eigenvalue weighted by Gasteiger charge is 2.12. The van der Waals surface area contributed by atoms with Crippen molar-refractivity contribution in [1.29, 1.82) is 0 Å². The van der Waals surface area contributed by atoms with Crippen molar-refractivity contribution in [2.75, 3.05) is 32.1 Å². The van der Waals surface area contributed by atoms with Gasteiger partial charge in [-0.05, 0) is 6.92 Å². The molecule has 2 N–H and O–H groups in total. The first kappa shape index (κ1) is 14.8. The molecule has 1 aromatic heterocycles. The van der Waals surface area contributed by atoms with Crippen LogP contribution in [0.5, 0.6) is 0 Å². The summed E-state index contributed by atoms with van der Waals surface area (Å²) in [5.41, 5.74) is 0.442. The van der Waals surface area contributed by atoms with Gasteiger partial charge in [-0.2, -0.15) is 0 Å². The van der Waals surface area contributed by atoms with E-state index in [9.17, 15) is 14.9 Å². The van der Waals surface area contributed by atoms with E-state index in [2.05, 4.69) is 15.6 Å². The number of methoxy groups -OCH3 is 1. The van der Waals surface area contributed by atoms with Crippen molar-refractivity contribution < 1.29 is 14.5 Å². The van der Waals surface area contributed by atoms with Crippen LogP contribution in [0.2, 0.25) is 0 Å². The van der Waals surface area contributed by atoms with Crippen LogP contribution in [0.3, 0.4) is 0 Å². The SMILES string of the molecule is COCCNC(=O)CNc1cc([N+](=O)[O-])c(C)cn1. The van der Waals surface area contributed by atoms with Gasteiger partial charge in [-0.1, -0.05) is 0 Å². The number of rotatable bonds is 7. The molecular formula is C11H16N4O4. The van der Waals surface area contributed by atoms with Gasteiger partial charge < -0.3 is 15.4 Å². The first-order valence-corrected chi connectivity index (χ1v) is 5.65. The topological polar surface area (TPSA) is 106 Å². The van der Waals surface area contributed by atoms with Crippen molar-refractivity contribution >= 4 is 17.4 Å². The number of nitro groups is 1. The summed E-state index contributed by atoms with van der Waals surface area (Å²) in [6, 6.07) is 1.30. The number of nitrogens with one attached hydrogen (secondary N) is 2. The highest BCUT2D eigenvalue weighted by molar-refractivity contribution is 5.80. The van der Waals surface area contributed by atoms with Gasteiger partial charge in [0.2, 0.25) is 5.91 Å². The maximum Gasteiger partial charge on any atom is 0.277 e. The molecule has 0 saturated heterocycles. The molecule has 0 aliphatic heterocycles. The van der Waals surface area contributed by atoms with Gasteiger partial charge in [0.15, 0.2) is 0 Å². The number of ether oxygens (including phenoxy) is 1. The molecule has 0 spiro atoms. The number of anilines is 1. The van der Waals surface area contributed by atoms with Gasteiger partial charge in [0.25, 0.3) is 5.69 Å². The number of amides is 1. The Morgan fingerprint density at radius 2 is 2.32 bits per heavy atom. The molecule has 0 radical (unpaired) electrons. The summed E-state index contributed by atoms with van der Waals surface area (Å²) < 4.78 is 4.79. The maximum atomic E-state index is 11.4. The second kappa shape index (κ2) is 7.27. The maximum absolute atomic E-state index is 11.4. The fourth-order valence-corrected chi connectivity index (χ4v) is 1.33. The Morgan fingerprint density at radius 3 is 2.95 bits per heavy atom. The van der Waals surface area contributed by atoms with Crippen LogP contribution < -0.4 is 10.6 Å². The fraction of sp³-hybridized carbons (Fsp3) is 0.455. The van der Waals surface area contributed by atoms with E-state index in [4.69, 9.17) is 4.74 Å². The summed E-state index contributed by atoms with van der Waals surface area (Å²) in [6.45, 7) is 2.45. The average molecular weight is 268 g/mol. The van der Waals surface area contributed by atoms with E-state index in [1.807, 2.05) is 0 Å². The van der Waals surface area contributed by atoms with Gasteiger partial charge in [0.05, 0.1) is 24.1 Å². The smallest absolute Gasteiger partial charge is 0.277 e. The van der Waals surface area contributed by atoms with Crippen molar-refractivity contribution in [3.05, 3.63) is 27.9 Å². The third-order valence-electron chi connectivity index (χ3n) is 2.33. The third-order valence-corrected chi connectivity index (χ3v) is 2.33. The zero-order valence-electron chi connectivity index (χ0n) is 10.8. The highest BCUT2D eigenvalue weighted by atomic mass is 16.6. The predicted octanol–water partition coefficient (Wildman–Crippen LogP) is 0.473. The molecular weight excluding hydrogens is 252 g/mol. The fourth-order valence-electron chi connectivity index (χ4n) is 1.33. The van der Waals surface area contributed by atoms with Gasteiger partial charge in [-0.15, -0.1) is 0 Å². The largest absolute Gasteiger partial charge is 0.383 e. The van der Waals surface area contributed by atoms with E-state index in [-0.39, 0.29) is 18.1 Å². The number of hydrogen-bond acceptors (Lipinski definition) is 6. The lowest BCUT2D eigenvalue weighted by atomic mass is 10.2. The van der Waals surface area contributed by atoms with Crippen LogP contribution in [0, 0.1) is 17.0 Å². The molecule has 1 amide bonds. The minimum Gasteiger partial charge on any atom is -0.383 e. The molecule has 0 aliphatic rings. The third kappa shape index (κ3) is 4.88. The van der Waals surface area contributed by atoms with Crippen molar-refractivity contribution in [3.8, 4) is 0 Å². The molecule has 0 fully saturated rings. The number of nitrogens with zero attached hydrogens (tertiary/aromatic N) is 2. The van der Waals surface area contributed by atoms with Gasteiger partial charge in [0.1, 0.15) is 5.82 Å². The molecule has 104 valence electrons. The number of carbonyl (C=O) groups excluding carboxylic acids is 1. The Morgan fingerprint density at radius 1 is 1.58 bits per heavy atom. The highest BCUT2D eigenvalue weighted by Crippen LogP contribution is 2.19. The predicted molar refractivity (Wildman–Crippen MR) is 69.0 cm³/mol. The molecule has 0 unspecified atom stereocenters. The Labute approximate surface area is 110 Å². The molecule has 1 rings (SSSR count). The molecule has 8 heteroatoms. The van der Waals surface area contributed by atoms with Crippen LogP contribution in [0.15, 0.2) is 12.3 Å². The number of aryl methyl sites for hydroxylation is 1. The standard InChI is InChI=1S/C11H16N4O4/c1-8-6-13-10(5-9(8)15(17)18)14-7-11(16)12-3-4-19-2/h5-6H,3-4,7H2,1-2H3,(H,12,16)(H,13,14). The van der Waals surface area contributed by atoms with E-state index in [0.717, 1.165) is 0 Å². The Hall–Kier alpha value is -2.22. The van der Waals surface area contributed by atoms with E-state index < -0.39 is 4.92 Å². The minimum atomic E-state index is -0.485. The van der Waals surface area contributed by atoms with E-state index in [0.29, 0.717) is 24.5 Å². The number of carbonyl (C=O) groups is 1. The van der Waals surface area contributed by atoms with Crippen LogP contribution in [-0.2, 0) is 9.53 Å². The second-order valence-corrected chi connectivity index (χ2v) is 3.81. The number of aromatic nitrogens is 1. The second-order valence-electron chi connectivity index (χ2n) is 3.81. The van der Waals surface area contributed by atoms with Crippen LogP contribution >= 0.6 is 0 Å². The molecule has 1 heterocycles. The van der Waals surface area contributed by atoms with Crippen molar-refractivity contribution in [2.24, 2.45) is 0 Å². The van der Waals surface area contributed by atoms with Gasteiger partial charge in [-0.3, -0.25) is 14.9 Å². The lowest BCUT2D eigenvalue weighted by Gasteiger charge is -2.07. The van der Waals surface area contributed by atoms with Crippen LogP contribution in [0.25, 0.3) is 0 Å². The van der Waals surface area contributed by atoms with E-state index in [1.165, 1.54) is 12.3 Å². The molecule has 0 aliphatic carbocycles. The summed E-state index contributed by atoms with van der Waals surface area (Å²) in [7, 11) is 1.54. The van der Waals surface area contributed by atoms with E-state index in [1.54, 1.807) is 14.0 Å². The summed E-state index contributed by atoms with van der Waals surface area (Å²) in [5, 5.41) is 16.1. The van der Waals surface area contributed by atoms with Crippen LogP contribution in [-0.4, -0.2) is 42.6 Å². The first-order chi connectivity index (χ1) is 9.04. The Kier molecular flexibility index (Phi) is 5.68. The molecule has 8 nitrogen and oxygen atoms in total. The zero-order valence-corrected chi connectivity index (χ0v) is 10.8. The summed E-state index contributed by atoms with van der Waals surface area (Å²) >= 11 is 0. The van der Waals surface area contributed by atoms with Crippen molar-refractivity contribution in [2.45, 2.75) is 6.92 Å². The molecule has 0 bridgehead atoms. The van der Waals surface area contributed by atoms with Gasteiger partial charge >= 0.3 is 0 Å². The van der Waals surface area contributed by atoms with Gasteiger partial charge in [-0.25, -0.2) is 4.98 Å². The monoisotopic (exact) mass is 268 g/mol.